The average molecular weight is 460 g/mol. The summed E-state index contributed by atoms with van der Waals surface area (Å²) in [6, 6.07) is 17.7. The minimum Gasteiger partial charge on any atom is -0.329 e. The molecule has 0 radical (unpaired) electrons. The summed E-state index contributed by atoms with van der Waals surface area (Å²) in [6.07, 6.45) is 6.83. The second-order valence-corrected chi connectivity index (χ2v) is 9.55. The van der Waals surface area contributed by atoms with Gasteiger partial charge in [-0.25, -0.2) is 9.67 Å². The number of likely N-dealkylation sites (tertiary alicyclic amines) is 1. The highest BCUT2D eigenvalue weighted by Gasteiger charge is 2.45. The van der Waals surface area contributed by atoms with Crippen molar-refractivity contribution in [1.82, 2.24) is 25.0 Å². The van der Waals surface area contributed by atoms with Crippen LogP contribution in [-0.4, -0.2) is 50.0 Å². The van der Waals surface area contributed by atoms with Crippen LogP contribution in [-0.2, 0) is 22.6 Å². The summed E-state index contributed by atoms with van der Waals surface area (Å²) in [6.45, 7) is 5.46. The first-order valence-corrected chi connectivity index (χ1v) is 12.0. The number of nitrogens with zero attached hydrogens (tertiary/aromatic N) is 4. The number of aromatic nitrogens is 3. The quantitative estimate of drug-likeness (QED) is 0.469. The van der Waals surface area contributed by atoms with E-state index in [-0.39, 0.29) is 11.9 Å². The first-order valence-electron chi connectivity index (χ1n) is 12.0. The molecule has 34 heavy (non-hydrogen) atoms. The fourth-order valence-electron chi connectivity index (χ4n) is 4.85. The molecule has 1 amide bonds. The van der Waals surface area contributed by atoms with E-state index in [9.17, 15) is 9.59 Å². The summed E-state index contributed by atoms with van der Waals surface area (Å²) in [4.78, 5) is 32.2. The molecule has 0 aliphatic carbocycles. The molecule has 1 aliphatic rings. The van der Waals surface area contributed by atoms with Gasteiger partial charge < -0.3 is 15.0 Å². The Morgan fingerprint density at radius 3 is 2.65 bits per heavy atom. The monoisotopic (exact) mass is 459 g/mol. The maximum atomic E-state index is 13.8. The van der Waals surface area contributed by atoms with Gasteiger partial charge in [-0.15, -0.1) is 0 Å². The Labute approximate surface area is 201 Å². The van der Waals surface area contributed by atoms with Gasteiger partial charge in [0.25, 0.3) is 0 Å². The Kier molecular flexibility index (Phi) is 7.53. The Hall–Kier alpha value is -3.32. The lowest BCUT2D eigenvalue weighted by atomic mass is 9.88. The Morgan fingerprint density at radius 1 is 1.15 bits per heavy atom. The van der Waals surface area contributed by atoms with Gasteiger partial charge in [0.05, 0.1) is 11.7 Å². The van der Waals surface area contributed by atoms with E-state index in [1.165, 1.54) is 6.33 Å². The van der Waals surface area contributed by atoms with E-state index in [0.29, 0.717) is 31.8 Å². The number of aldehydes is 1. The molecule has 1 aromatic heterocycles. The number of carbonyl (C=O) groups is 2. The lowest BCUT2D eigenvalue weighted by molar-refractivity contribution is -0.141. The standard InChI is InChI=1S/C27H33N5O2/c1-21(2)14-25(29-17-22-8-4-3-5-9-22)26(34)31-13-7-12-27(31,18-33)16-23-10-6-11-24(15-23)32-20-28-19-30-32/h3-6,8-11,15,18-21,25,29H,7,12-14,16-17H2,1-2H3/t25-,27+/m1/s1. The summed E-state index contributed by atoms with van der Waals surface area (Å²) in [7, 11) is 0. The van der Waals surface area contributed by atoms with Crippen LogP contribution in [0.4, 0.5) is 0 Å². The van der Waals surface area contributed by atoms with Crippen LogP contribution in [0.3, 0.4) is 0 Å². The number of benzene rings is 2. The van der Waals surface area contributed by atoms with Gasteiger partial charge in [0, 0.05) is 19.5 Å². The highest BCUT2D eigenvalue weighted by Crippen LogP contribution is 2.33. The number of hydrogen-bond donors (Lipinski definition) is 1. The van der Waals surface area contributed by atoms with Crippen molar-refractivity contribution >= 4 is 12.2 Å². The summed E-state index contributed by atoms with van der Waals surface area (Å²) < 4.78 is 1.70. The molecule has 1 fully saturated rings. The van der Waals surface area contributed by atoms with Crippen LogP contribution in [0.5, 0.6) is 0 Å². The Morgan fingerprint density at radius 2 is 1.94 bits per heavy atom. The third-order valence-corrected chi connectivity index (χ3v) is 6.52. The highest BCUT2D eigenvalue weighted by atomic mass is 16.2. The molecule has 1 aliphatic heterocycles. The Bertz CT molecular complexity index is 1080. The minimum absolute atomic E-state index is 0.0154. The van der Waals surface area contributed by atoms with E-state index < -0.39 is 5.54 Å². The van der Waals surface area contributed by atoms with E-state index in [1.54, 1.807) is 11.0 Å². The van der Waals surface area contributed by atoms with E-state index in [0.717, 1.165) is 35.9 Å². The molecule has 0 unspecified atom stereocenters. The Balaban J connectivity index is 1.54. The predicted molar refractivity (Wildman–Crippen MR) is 131 cm³/mol. The molecule has 7 heteroatoms. The van der Waals surface area contributed by atoms with Crippen molar-refractivity contribution < 1.29 is 9.59 Å². The SMILES string of the molecule is CC(C)C[C@@H](NCc1ccccc1)C(=O)N1CCC[C@@]1(C=O)Cc1cccc(-n2cncn2)c1. The highest BCUT2D eigenvalue weighted by molar-refractivity contribution is 5.87. The topological polar surface area (TPSA) is 80.1 Å². The maximum Gasteiger partial charge on any atom is 0.240 e. The summed E-state index contributed by atoms with van der Waals surface area (Å²) in [5.74, 6) is 0.367. The zero-order valence-electron chi connectivity index (χ0n) is 19.9. The predicted octanol–water partition coefficient (Wildman–Crippen LogP) is 3.57. The number of amides is 1. The lowest BCUT2D eigenvalue weighted by Crippen LogP contribution is -2.56. The molecule has 2 heterocycles. The molecule has 2 aromatic carbocycles. The first-order chi connectivity index (χ1) is 16.5. The molecule has 3 aromatic rings. The fourth-order valence-corrected chi connectivity index (χ4v) is 4.85. The minimum atomic E-state index is -0.832. The van der Waals surface area contributed by atoms with E-state index in [1.807, 2.05) is 47.4 Å². The summed E-state index contributed by atoms with van der Waals surface area (Å²) in [5.41, 5.74) is 2.19. The average Bonchev–Trinajstić information content (AvgIpc) is 3.53. The molecule has 0 bridgehead atoms. The summed E-state index contributed by atoms with van der Waals surface area (Å²) in [5, 5.41) is 7.67. The van der Waals surface area contributed by atoms with Gasteiger partial charge in [0.15, 0.2) is 0 Å². The number of rotatable bonds is 10. The molecule has 7 nitrogen and oxygen atoms in total. The van der Waals surface area contributed by atoms with Gasteiger partial charge in [-0.3, -0.25) is 4.79 Å². The number of carbonyl (C=O) groups excluding carboxylic acids is 2. The maximum absolute atomic E-state index is 13.8. The fraction of sp³-hybridized carbons (Fsp3) is 0.407. The van der Waals surface area contributed by atoms with Crippen molar-refractivity contribution in [3.8, 4) is 5.69 Å². The van der Waals surface area contributed by atoms with Gasteiger partial charge in [0.1, 0.15) is 24.5 Å². The lowest BCUT2D eigenvalue weighted by Gasteiger charge is -2.37. The zero-order chi connectivity index (χ0) is 24.0. The van der Waals surface area contributed by atoms with Crippen LogP contribution >= 0.6 is 0 Å². The van der Waals surface area contributed by atoms with Gasteiger partial charge >= 0.3 is 0 Å². The zero-order valence-corrected chi connectivity index (χ0v) is 19.9. The molecule has 1 saturated heterocycles. The molecule has 1 N–H and O–H groups in total. The normalized spacial score (nSPS) is 18.9. The molecular formula is C27H33N5O2. The van der Waals surface area contributed by atoms with Crippen LogP contribution in [0.25, 0.3) is 5.69 Å². The van der Waals surface area contributed by atoms with Gasteiger partial charge in [0.2, 0.25) is 5.91 Å². The molecule has 178 valence electrons. The second kappa shape index (κ2) is 10.7. The third-order valence-electron chi connectivity index (χ3n) is 6.52. The molecular weight excluding hydrogens is 426 g/mol. The van der Waals surface area contributed by atoms with Crippen molar-refractivity contribution in [3.05, 3.63) is 78.4 Å². The number of nitrogens with one attached hydrogen (secondary N) is 1. The van der Waals surface area contributed by atoms with Crippen molar-refractivity contribution in [2.45, 2.75) is 57.7 Å². The van der Waals surface area contributed by atoms with Crippen LogP contribution in [0.1, 0.15) is 44.2 Å². The van der Waals surface area contributed by atoms with Crippen LogP contribution in [0, 0.1) is 5.92 Å². The first kappa shape index (κ1) is 23.8. The van der Waals surface area contributed by atoms with Gasteiger partial charge in [-0.05, 0) is 48.4 Å². The molecule has 0 saturated carbocycles. The van der Waals surface area contributed by atoms with Gasteiger partial charge in [-0.2, -0.15) is 5.10 Å². The molecule has 4 rings (SSSR count). The molecule has 0 spiro atoms. The van der Waals surface area contributed by atoms with Crippen LogP contribution in [0.2, 0.25) is 0 Å². The smallest absolute Gasteiger partial charge is 0.240 e. The van der Waals surface area contributed by atoms with Crippen molar-refractivity contribution in [2.24, 2.45) is 5.92 Å². The van der Waals surface area contributed by atoms with E-state index >= 15 is 0 Å². The van der Waals surface area contributed by atoms with E-state index in [2.05, 4.69) is 41.4 Å². The third kappa shape index (κ3) is 5.42. The summed E-state index contributed by atoms with van der Waals surface area (Å²) >= 11 is 0. The van der Waals surface area contributed by atoms with Crippen LogP contribution in [0.15, 0.2) is 67.3 Å². The van der Waals surface area contributed by atoms with Crippen molar-refractivity contribution in [2.75, 3.05) is 6.54 Å². The van der Waals surface area contributed by atoms with Gasteiger partial charge in [-0.1, -0.05) is 56.3 Å². The van der Waals surface area contributed by atoms with Crippen molar-refractivity contribution in [1.29, 1.82) is 0 Å². The van der Waals surface area contributed by atoms with E-state index in [4.69, 9.17) is 0 Å². The van der Waals surface area contributed by atoms with Crippen LogP contribution < -0.4 is 5.32 Å². The van der Waals surface area contributed by atoms with Crippen molar-refractivity contribution in [3.63, 3.8) is 0 Å². The number of hydrogen-bond acceptors (Lipinski definition) is 5. The second-order valence-electron chi connectivity index (χ2n) is 9.55. The molecule has 2 atom stereocenters. The largest absolute Gasteiger partial charge is 0.329 e.